The molecule has 0 amide bonds. The third-order valence-electron chi connectivity index (χ3n) is 2.92. The Balaban J connectivity index is 2.17. The molecule has 0 aliphatic rings. The summed E-state index contributed by atoms with van der Waals surface area (Å²) in [5, 5.41) is 8.86. The van der Waals surface area contributed by atoms with Gasteiger partial charge in [-0.05, 0) is 54.8 Å². The fourth-order valence-electron chi connectivity index (χ4n) is 2.10. The van der Waals surface area contributed by atoms with E-state index < -0.39 is 0 Å². The number of rotatable bonds is 3. The van der Waals surface area contributed by atoms with Crippen LogP contribution in [0.4, 0.5) is 5.69 Å². The molecule has 0 atom stereocenters. The molecule has 0 bridgehead atoms. The van der Waals surface area contributed by atoms with Crippen LogP contribution in [0.2, 0.25) is 0 Å². The van der Waals surface area contributed by atoms with Gasteiger partial charge in [-0.25, -0.2) is 0 Å². The number of nitrogen functional groups attached to an aromatic ring is 1. The molecule has 19 heavy (non-hydrogen) atoms. The van der Waals surface area contributed by atoms with Gasteiger partial charge in [0.25, 0.3) is 0 Å². The molecule has 3 nitrogen and oxygen atoms in total. The fraction of sp³-hybridized carbons (Fsp3) is 0.188. The normalized spacial score (nSPS) is 9.95. The van der Waals surface area contributed by atoms with Gasteiger partial charge < -0.3 is 10.5 Å². The largest absolute Gasteiger partial charge is 0.488 e. The number of nitrogens with two attached hydrogens (primary N) is 1. The fourth-order valence-corrected chi connectivity index (χ4v) is 2.10. The van der Waals surface area contributed by atoms with E-state index in [1.807, 2.05) is 44.2 Å². The van der Waals surface area contributed by atoms with Crippen LogP contribution in [0.15, 0.2) is 36.4 Å². The lowest BCUT2D eigenvalue weighted by Crippen LogP contribution is -2.00. The molecule has 2 rings (SSSR count). The van der Waals surface area contributed by atoms with Gasteiger partial charge in [-0.15, -0.1) is 0 Å². The maximum Gasteiger partial charge on any atom is 0.125 e. The SMILES string of the molecule is Cc1cc(N)cc(C)c1OCc1cccc(C#N)c1. The quantitative estimate of drug-likeness (QED) is 0.852. The highest BCUT2D eigenvalue weighted by Gasteiger charge is 2.06. The summed E-state index contributed by atoms with van der Waals surface area (Å²) in [6.45, 7) is 4.40. The van der Waals surface area contributed by atoms with E-state index in [0.717, 1.165) is 28.1 Å². The zero-order valence-corrected chi connectivity index (χ0v) is 11.1. The lowest BCUT2D eigenvalue weighted by Gasteiger charge is -2.13. The molecule has 0 spiro atoms. The zero-order valence-electron chi connectivity index (χ0n) is 11.1. The molecular weight excluding hydrogens is 236 g/mol. The summed E-state index contributed by atoms with van der Waals surface area (Å²) < 4.78 is 5.84. The van der Waals surface area contributed by atoms with E-state index in [2.05, 4.69) is 6.07 Å². The highest BCUT2D eigenvalue weighted by Crippen LogP contribution is 2.26. The Hall–Kier alpha value is -2.47. The van der Waals surface area contributed by atoms with E-state index >= 15 is 0 Å². The Morgan fingerprint density at radius 1 is 1.16 bits per heavy atom. The molecule has 0 saturated carbocycles. The lowest BCUT2D eigenvalue weighted by molar-refractivity contribution is 0.302. The maximum absolute atomic E-state index is 8.86. The van der Waals surface area contributed by atoms with Crippen LogP contribution in [0.3, 0.4) is 0 Å². The number of aryl methyl sites for hydroxylation is 2. The number of ether oxygens (including phenoxy) is 1. The summed E-state index contributed by atoms with van der Waals surface area (Å²) in [5.74, 6) is 0.858. The average Bonchev–Trinajstić information content (AvgIpc) is 2.37. The summed E-state index contributed by atoms with van der Waals surface area (Å²) in [4.78, 5) is 0. The first kappa shape index (κ1) is 13.0. The molecule has 0 heterocycles. The van der Waals surface area contributed by atoms with E-state index in [1.54, 1.807) is 6.07 Å². The molecule has 0 radical (unpaired) electrons. The van der Waals surface area contributed by atoms with E-state index in [-0.39, 0.29) is 0 Å². The summed E-state index contributed by atoms with van der Waals surface area (Å²) in [7, 11) is 0. The van der Waals surface area contributed by atoms with Crippen molar-refractivity contribution in [3.63, 3.8) is 0 Å². The molecule has 96 valence electrons. The van der Waals surface area contributed by atoms with Gasteiger partial charge in [0.1, 0.15) is 12.4 Å². The van der Waals surface area contributed by atoms with E-state index in [0.29, 0.717) is 12.2 Å². The molecule has 0 aromatic heterocycles. The summed E-state index contributed by atoms with van der Waals surface area (Å²) in [6, 6.07) is 13.3. The topological polar surface area (TPSA) is 59.0 Å². The molecule has 2 aromatic rings. The number of benzene rings is 2. The van der Waals surface area contributed by atoms with Crippen molar-refractivity contribution in [3.8, 4) is 11.8 Å². The van der Waals surface area contributed by atoms with Gasteiger partial charge in [0.2, 0.25) is 0 Å². The second-order valence-corrected chi connectivity index (χ2v) is 4.58. The molecular formula is C16H16N2O. The van der Waals surface area contributed by atoms with Crippen molar-refractivity contribution < 1.29 is 4.74 Å². The molecule has 0 unspecified atom stereocenters. The maximum atomic E-state index is 8.86. The third kappa shape index (κ3) is 3.05. The Morgan fingerprint density at radius 2 is 1.84 bits per heavy atom. The highest BCUT2D eigenvalue weighted by atomic mass is 16.5. The summed E-state index contributed by atoms with van der Waals surface area (Å²) >= 11 is 0. The molecule has 0 aliphatic carbocycles. The molecule has 0 saturated heterocycles. The first-order chi connectivity index (χ1) is 9.10. The van der Waals surface area contributed by atoms with Gasteiger partial charge in [-0.1, -0.05) is 12.1 Å². The second kappa shape index (κ2) is 5.45. The lowest BCUT2D eigenvalue weighted by atomic mass is 10.1. The van der Waals surface area contributed by atoms with Crippen LogP contribution < -0.4 is 10.5 Å². The second-order valence-electron chi connectivity index (χ2n) is 4.58. The number of hydrogen-bond donors (Lipinski definition) is 1. The number of nitriles is 1. The van der Waals surface area contributed by atoms with Crippen LogP contribution in [0.25, 0.3) is 0 Å². The Kier molecular flexibility index (Phi) is 3.72. The summed E-state index contributed by atoms with van der Waals surface area (Å²) in [5.41, 5.74) is 10.2. The van der Waals surface area contributed by atoms with Gasteiger partial charge in [0.05, 0.1) is 11.6 Å². The van der Waals surface area contributed by atoms with Crippen LogP contribution in [-0.2, 0) is 6.61 Å². The van der Waals surface area contributed by atoms with Crippen LogP contribution in [0.1, 0.15) is 22.3 Å². The van der Waals surface area contributed by atoms with Gasteiger partial charge in [0, 0.05) is 5.69 Å². The van der Waals surface area contributed by atoms with Crippen LogP contribution in [0.5, 0.6) is 5.75 Å². The average molecular weight is 252 g/mol. The summed E-state index contributed by atoms with van der Waals surface area (Å²) in [6.07, 6.45) is 0. The van der Waals surface area contributed by atoms with Gasteiger partial charge >= 0.3 is 0 Å². The first-order valence-corrected chi connectivity index (χ1v) is 6.08. The van der Waals surface area contributed by atoms with E-state index in [1.165, 1.54) is 0 Å². The van der Waals surface area contributed by atoms with Crippen LogP contribution in [0, 0.1) is 25.2 Å². The molecule has 2 aromatic carbocycles. The van der Waals surface area contributed by atoms with Crippen molar-refractivity contribution in [1.29, 1.82) is 5.26 Å². The van der Waals surface area contributed by atoms with Crippen molar-refractivity contribution in [3.05, 3.63) is 58.7 Å². The smallest absolute Gasteiger partial charge is 0.125 e. The Bertz CT molecular complexity index is 618. The van der Waals surface area contributed by atoms with Crippen molar-refractivity contribution in [2.24, 2.45) is 0 Å². The van der Waals surface area contributed by atoms with Gasteiger partial charge in [-0.3, -0.25) is 0 Å². The zero-order chi connectivity index (χ0) is 13.8. The highest BCUT2D eigenvalue weighted by molar-refractivity contribution is 5.52. The predicted octanol–water partition coefficient (Wildman–Crippen LogP) is 3.34. The number of nitrogens with zero attached hydrogens (tertiary/aromatic N) is 1. The van der Waals surface area contributed by atoms with E-state index in [9.17, 15) is 0 Å². The monoisotopic (exact) mass is 252 g/mol. The molecule has 3 heteroatoms. The molecule has 2 N–H and O–H groups in total. The number of hydrogen-bond acceptors (Lipinski definition) is 3. The van der Waals surface area contributed by atoms with Gasteiger partial charge in [-0.2, -0.15) is 5.26 Å². The van der Waals surface area contributed by atoms with Crippen molar-refractivity contribution in [2.45, 2.75) is 20.5 Å². The first-order valence-electron chi connectivity index (χ1n) is 6.08. The minimum absolute atomic E-state index is 0.446. The number of anilines is 1. The van der Waals surface area contributed by atoms with Crippen LogP contribution >= 0.6 is 0 Å². The van der Waals surface area contributed by atoms with Gasteiger partial charge in [0.15, 0.2) is 0 Å². The minimum atomic E-state index is 0.446. The molecule has 0 fully saturated rings. The Labute approximate surface area is 113 Å². The third-order valence-corrected chi connectivity index (χ3v) is 2.92. The Morgan fingerprint density at radius 3 is 2.47 bits per heavy atom. The van der Waals surface area contributed by atoms with Crippen molar-refractivity contribution >= 4 is 5.69 Å². The molecule has 0 aliphatic heterocycles. The predicted molar refractivity (Wildman–Crippen MR) is 75.8 cm³/mol. The minimum Gasteiger partial charge on any atom is -0.488 e. The van der Waals surface area contributed by atoms with E-state index in [4.69, 9.17) is 15.7 Å². The van der Waals surface area contributed by atoms with Crippen LogP contribution in [-0.4, -0.2) is 0 Å². The van der Waals surface area contributed by atoms with Crippen molar-refractivity contribution in [2.75, 3.05) is 5.73 Å². The van der Waals surface area contributed by atoms with Crippen molar-refractivity contribution in [1.82, 2.24) is 0 Å². The standard InChI is InChI=1S/C16H16N2O/c1-11-6-15(18)7-12(2)16(11)19-10-14-5-3-4-13(8-14)9-17/h3-8H,10,18H2,1-2H3.